The van der Waals surface area contributed by atoms with Crippen molar-refractivity contribution in [3.63, 3.8) is 0 Å². The van der Waals surface area contributed by atoms with Gasteiger partial charge in [0, 0.05) is 28.9 Å². The van der Waals surface area contributed by atoms with E-state index in [4.69, 9.17) is 9.72 Å². The molecule has 4 heteroatoms. The lowest BCUT2D eigenvalue weighted by Crippen LogP contribution is -1.93. The number of benzene rings is 2. The normalized spacial score (nSPS) is 10.7. The standard InChI is InChI=1S/C20H15N3O/c1-24-15-9-7-14(8-10-15)18-11-13-22-20(23-18)17-4-2-6-19-16(17)5-3-12-21-19/h2-13H,1H3. The number of methoxy groups -OCH3 is 1. The molecule has 2 aromatic heterocycles. The SMILES string of the molecule is COc1ccc(-c2ccnc(-c3cccc4ncccc34)n2)cc1. The van der Waals surface area contributed by atoms with Crippen molar-refractivity contribution in [3.8, 4) is 28.4 Å². The zero-order valence-electron chi connectivity index (χ0n) is 13.2. The van der Waals surface area contributed by atoms with Gasteiger partial charge in [-0.15, -0.1) is 0 Å². The van der Waals surface area contributed by atoms with E-state index in [0.717, 1.165) is 33.5 Å². The molecular formula is C20H15N3O. The van der Waals surface area contributed by atoms with Gasteiger partial charge in [0.05, 0.1) is 18.3 Å². The lowest BCUT2D eigenvalue weighted by atomic mass is 10.1. The summed E-state index contributed by atoms with van der Waals surface area (Å²) in [5, 5.41) is 1.05. The molecule has 0 amide bonds. The summed E-state index contributed by atoms with van der Waals surface area (Å²) < 4.78 is 5.21. The van der Waals surface area contributed by atoms with Crippen LogP contribution in [0.1, 0.15) is 0 Å². The van der Waals surface area contributed by atoms with Crippen molar-refractivity contribution in [1.82, 2.24) is 15.0 Å². The van der Waals surface area contributed by atoms with Crippen LogP contribution < -0.4 is 4.74 Å². The molecule has 0 saturated heterocycles. The molecule has 4 aromatic rings. The molecule has 2 aromatic carbocycles. The minimum absolute atomic E-state index is 0.696. The van der Waals surface area contributed by atoms with Gasteiger partial charge in [-0.05, 0) is 42.5 Å². The van der Waals surface area contributed by atoms with Crippen molar-refractivity contribution in [2.45, 2.75) is 0 Å². The Morgan fingerprint density at radius 2 is 1.67 bits per heavy atom. The predicted molar refractivity (Wildman–Crippen MR) is 94.8 cm³/mol. The van der Waals surface area contributed by atoms with E-state index in [1.54, 1.807) is 19.5 Å². The lowest BCUT2D eigenvalue weighted by molar-refractivity contribution is 0.415. The number of ether oxygens (including phenoxy) is 1. The van der Waals surface area contributed by atoms with E-state index in [0.29, 0.717) is 5.82 Å². The van der Waals surface area contributed by atoms with E-state index in [1.807, 2.05) is 60.7 Å². The third-order valence-corrected chi connectivity index (χ3v) is 3.93. The second-order valence-electron chi connectivity index (χ2n) is 5.37. The largest absolute Gasteiger partial charge is 0.497 e. The molecule has 0 saturated carbocycles. The fourth-order valence-corrected chi connectivity index (χ4v) is 2.71. The van der Waals surface area contributed by atoms with Crippen molar-refractivity contribution in [2.75, 3.05) is 7.11 Å². The number of hydrogen-bond acceptors (Lipinski definition) is 4. The van der Waals surface area contributed by atoms with Crippen LogP contribution in [0.25, 0.3) is 33.5 Å². The summed E-state index contributed by atoms with van der Waals surface area (Å²) in [6.07, 6.45) is 3.58. The lowest BCUT2D eigenvalue weighted by Gasteiger charge is -2.07. The van der Waals surface area contributed by atoms with Gasteiger partial charge >= 0.3 is 0 Å². The van der Waals surface area contributed by atoms with Gasteiger partial charge in [0.2, 0.25) is 0 Å². The number of nitrogens with zero attached hydrogens (tertiary/aromatic N) is 3. The van der Waals surface area contributed by atoms with E-state index in [1.165, 1.54) is 0 Å². The molecule has 24 heavy (non-hydrogen) atoms. The van der Waals surface area contributed by atoms with Crippen LogP contribution in [-0.4, -0.2) is 22.1 Å². The molecule has 4 rings (SSSR count). The van der Waals surface area contributed by atoms with Gasteiger partial charge in [-0.3, -0.25) is 4.98 Å². The fourth-order valence-electron chi connectivity index (χ4n) is 2.71. The summed E-state index contributed by atoms with van der Waals surface area (Å²) in [6.45, 7) is 0. The van der Waals surface area contributed by atoms with Crippen LogP contribution in [0.4, 0.5) is 0 Å². The Morgan fingerprint density at radius 3 is 2.50 bits per heavy atom. The van der Waals surface area contributed by atoms with Gasteiger partial charge in [-0.2, -0.15) is 0 Å². The minimum Gasteiger partial charge on any atom is -0.497 e. The Labute approximate surface area is 139 Å². The smallest absolute Gasteiger partial charge is 0.160 e. The molecule has 2 heterocycles. The summed E-state index contributed by atoms with van der Waals surface area (Å²) in [7, 11) is 1.66. The number of rotatable bonds is 3. The Morgan fingerprint density at radius 1 is 0.792 bits per heavy atom. The van der Waals surface area contributed by atoms with Crippen molar-refractivity contribution in [2.24, 2.45) is 0 Å². The molecule has 0 atom stereocenters. The van der Waals surface area contributed by atoms with Crippen LogP contribution in [-0.2, 0) is 0 Å². The van der Waals surface area contributed by atoms with E-state index >= 15 is 0 Å². The molecule has 0 aliphatic heterocycles. The highest BCUT2D eigenvalue weighted by atomic mass is 16.5. The van der Waals surface area contributed by atoms with Crippen molar-refractivity contribution >= 4 is 10.9 Å². The van der Waals surface area contributed by atoms with Gasteiger partial charge in [-0.1, -0.05) is 18.2 Å². The van der Waals surface area contributed by atoms with E-state index in [9.17, 15) is 0 Å². The van der Waals surface area contributed by atoms with E-state index < -0.39 is 0 Å². The Bertz CT molecular complexity index is 992. The van der Waals surface area contributed by atoms with Crippen LogP contribution in [0.2, 0.25) is 0 Å². The summed E-state index contributed by atoms with van der Waals surface area (Å²) in [4.78, 5) is 13.6. The number of fused-ring (bicyclic) bond motifs is 1. The van der Waals surface area contributed by atoms with Crippen LogP contribution in [0.3, 0.4) is 0 Å². The van der Waals surface area contributed by atoms with E-state index in [-0.39, 0.29) is 0 Å². The fraction of sp³-hybridized carbons (Fsp3) is 0.0500. The first-order valence-electron chi connectivity index (χ1n) is 7.67. The monoisotopic (exact) mass is 313 g/mol. The maximum Gasteiger partial charge on any atom is 0.160 e. The molecule has 4 nitrogen and oxygen atoms in total. The van der Waals surface area contributed by atoms with Gasteiger partial charge in [-0.25, -0.2) is 9.97 Å². The highest BCUT2D eigenvalue weighted by Crippen LogP contribution is 2.27. The Balaban J connectivity index is 1.82. The molecule has 0 aliphatic carbocycles. The van der Waals surface area contributed by atoms with Crippen molar-refractivity contribution < 1.29 is 4.74 Å². The molecular weight excluding hydrogens is 298 g/mol. The molecule has 0 unspecified atom stereocenters. The van der Waals surface area contributed by atoms with Crippen molar-refractivity contribution in [1.29, 1.82) is 0 Å². The first kappa shape index (κ1) is 14.3. The average Bonchev–Trinajstić information content (AvgIpc) is 2.68. The summed E-state index contributed by atoms with van der Waals surface area (Å²) in [6, 6.07) is 19.7. The third-order valence-electron chi connectivity index (χ3n) is 3.93. The van der Waals surface area contributed by atoms with Gasteiger partial charge in [0.15, 0.2) is 5.82 Å². The Kier molecular flexibility index (Phi) is 3.63. The maximum atomic E-state index is 5.21. The van der Waals surface area contributed by atoms with Gasteiger partial charge < -0.3 is 4.74 Å². The molecule has 0 N–H and O–H groups in total. The summed E-state index contributed by atoms with van der Waals surface area (Å²) in [5.74, 6) is 1.52. The summed E-state index contributed by atoms with van der Waals surface area (Å²) in [5.41, 5.74) is 3.82. The zero-order valence-corrected chi connectivity index (χ0v) is 13.2. The number of pyridine rings is 1. The maximum absolute atomic E-state index is 5.21. The molecule has 0 aliphatic rings. The third kappa shape index (κ3) is 2.58. The molecule has 0 fully saturated rings. The second-order valence-corrected chi connectivity index (χ2v) is 5.37. The molecule has 0 bridgehead atoms. The number of hydrogen-bond donors (Lipinski definition) is 0. The van der Waals surface area contributed by atoms with Crippen molar-refractivity contribution in [3.05, 3.63) is 73.1 Å². The van der Waals surface area contributed by atoms with Gasteiger partial charge in [0.25, 0.3) is 0 Å². The van der Waals surface area contributed by atoms with Crippen LogP contribution in [0.15, 0.2) is 73.1 Å². The first-order chi connectivity index (χ1) is 11.8. The predicted octanol–water partition coefficient (Wildman–Crippen LogP) is 4.37. The van der Waals surface area contributed by atoms with Crippen LogP contribution in [0.5, 0.6) is 5.75 Å². The van der Waals surface area contributed by atoms with Crippen LogP contribution in [0, 0.1) is 0 Å². The minimum atomic E-state index is 0.696. The van der Waals surface area contributed by atoms with E-state index in [2.05, 4.69) is 9.97 Å². The molecule has 0 spiro atoms. The Hall–Kier alpha value is -3.27. The second kappa shape index (κ2) is 6.08. The first-order valence-corrected chi connectivity index (χ1v) is 7.67. The highest BCUT2D eigenvalue weighted by Gasteiger charge is 2.08. The summed E-state index contributed by atoms with van der Waals surface area (Å²) >= 11 is 0. The quantitative estimate of drug-likeness (QED) is 0.563. The number of aromatic nitrogens is 3. The highest BCUT2D eigenvalue weighted by molar-refractivity contribution is 5.92. The average molecular weight is 313 g/mol. The zero-order chi connectivity index (χ0) is 16.4. The molecule has 116 valence electrons. The van der Waals surface area contributed by atoms with Crippen LogP contribution >= 0.6 is 0 Å². The molecule has 0 radical (unpaired) electrons. The topological polar surface area (TPSA) is 47.9 Å². The van der Waals surface area contributed by atoms with Gasteiger partial charge in [0.1, 0.15) is 5.75 Å².